The number of carbonyl (C=O) groups excluding carboxylic acids is 1. The molecule has 0 fully saturated rings. The molecule has 1 aromatic heterocycles. The Balaban J connectivity index is 2.01. The van der Waals surface area contributed by atoms with Crippen LogP contribution in [0.3, 0.4) is 0 Å². The first-order chi connectivity index (χ1) is 10.2. The molecule has 0 N–H and O–H groups in total. The number of Topliss-reactive ketones (excluding diaryl/α,β-unsaturated/α-hetero) is 1. The lowest BCUT2D eigenvalue weighted by molar-refractivity contribution is 0.0992. The molecule has 3 aromatic rings. The molecule has 2 nitrogen and oxygen atoms in total. The van der Waals surface area contributed by atoms with Crippen LogP contribution in [0.15, 0.2) is 52.9 Å². The summed E-state index contributed by atoms with van der Waals surface area (Å²) in [6, 6.07) is 15.1. The summed E-state index contributed by atoms with van der Waals surface area (Å²) in [6.07, 6.45) is 1.03. The predicted molar refractivity (Wildman–Crippen MR) is 85.1 cm³/mol. The molecule has 0 amide bonds. The van der Waals surface area contributed by atoms with Gasteiger partial charge in [0.1, 0.15) is 11.3 Å². The lowest BCUT2D eigenvalue weighted by atomic mass is 9.99. The van der Waals surface area contributed by atoms with E-state index < -0.39 is 0 Å². The van der Waals surface area contributed by atoms with Gasteiger partial charge in [-0.05, 0) is 23.8 Å². The number of hydrogen-bond acceptors (Lipinski definition) is 2. The third-order valence-electron chi connectivity index (χ3n) is 3.52. The number of carbonyl (C=O) groups is 1. The molecule has 0 aliphatic rings. The zero-order valence-electron chi connectivity index (χ0n) is 11.7. The summed E-state index contributed by atoms with van der Waals surface area (Å²) in [5.74, 6) is 0.822. The summed E-state index contributed by atoms with van der Waals surface area (Å²) < 4.78 is 5.78. The van der Waals surface area contributed by atoms with Crippen LogP contribution in [-0.2, 0) is 12.8 Å². The third kappa shape index (κ3) is 2.72. The van der Waals surface area contributed by atoms with Gasteiger partial charge in [-0.1, -0.05) is 48.9 Å². The van der Waals surface area contributed by atoms with E-state index in [0.717, 1.165) is 22.3 Å². The second-order valence-corrected chi connectivity index (χ2v) is 5.42. The van der Waals surface area contributed by atoms with Crippen LogP contribution >= 0.6 is 11.6 Å². The molecule has 0 saturated carbocycles. The molecular weight excluding hydrogens is 284 g/mol. The monoisotopic (exact) mass is 298 g/mol. The number of benzene rings is 2. The van der Waals surface area contributed by atoms with E-state index in [-0.39, 0.29) is 5.78 Å². The van der Waals surface area contributed by atoms with E-state index in [1.165, 1.54) is 0 Å². The average Bonchev–Trinajstić information content (AvgIpc) is 2.85. The number of para-hydroxylation sites is 1. The van der Waals surface area contributed by atoms with Crippen molar-refractivity contribution in [2.45, 2.75) is 19.8 Å². The van der Waals surface area contributed by atoms with Crippen LogP contribution in [0.25, 0.3) is 11.0 Å². The Morgan fingerprint density at radius 3 is 2.71 bits per heavy atom. The number of rotatable bonds is 4. The standard InChI is InChI=1S/C18H15ClO2/c1-2-16-18(14-8-3-4-9-17(14)21-16)15(20)11-12-6-5-7-13(19)10-12/h3-10H,2,11H2,1H3. The van der Waals surface area contributed by atoms with E-state index in [4.69, 9.17) is 16.0 Å². The minimum absolute atomic E-state index is 0.0686. The van der Waals surface area contributed by atoms with Gasteiger partial charge in [0, 0.05) is 23.3 Å². The topological polar surface area (TPSA) is 30.2 Å². The Labute approximate surface area is 128 Å². The minimum Gasteiger partial charge on any atom is -0.460 e. The highest BCUT2D eigenvalue weighted by atomic mass is 35.5. The maximum Gasteiger partial charge on any atom is 0.171 e. The molecule has 21 heavy (non-hydrogen) atoms. The average molecular weight is 299 g/mol. The summed E-state index contributed by atoms with van der Waals surface area (Å²) in [5.41, 5.74) is 2.39. The van der Waals surface area contributed by atoms with Crippen molar-refractivity contribution in [3.8, 4) is 0 Å². The van der Waals surface area contributed by atoms with Crippen LogP contribution in [0.2, 0.25) is 5.02 Å². The second kappa shape index (κ2) is 5.74. The van der Waals surface area contributed by atoms with Gasteiger partial charge in [0.15, 0.2) is 5.78 Å². The Kier molecular flexibility index (Phi) is 3.80. The van der Waals surface area contributed by atoms with Gasteiger partial charge in [-0.25, -0.2) is 0 Å². The van der Waals surface area contributed by atoms with Crippen LogP contribution in [0, 0.1) is 0 Å². The molecule has 0 unspecified atom stereocenters. The smallest absolute Gasteiger partial charge is 0.171 e. The molecule has 0 radical (unpaired) electrons. The van der Waals surface area contributed by atoms with E-state index in [9.17, 15) is 4.79 Å². The van der Waals surface area contributed by atoms with Gasteiger partial charge >= 0.3 is 0 Å². The van der Waals surface area contributed by atoms with E-state index in [0.29, 0.717) is 23.4 Å². The second-order valence-electron chi connectivity index (χ2n) is 4.98. The summed E-state index contributed by atoms with van der Waals surface area (Å²) >= 11 is 5.98. The molecular formula is C18H15ClO2. The molecule has 0 aliphatic carbocycles. The van der Waals surface area contributed by atoms with Gasteiger partial charge in [-0.15, -0.1) is 0 Å². The van der Waals surface area contributed by atoms with Gasteiger partial charge in [-0.2, -0.15) is 0 Å². The van der Waals surface area contributed by atoms with Crippen molar-refractivity contribution in [3.63, 3.8) is 0 Å². The van der Waals surface area contributed by atoms with Crippen molar-refractivity contribution in [3.05, 3.63) is 70.4 Å². The van der Waals surface area contributed by atoms with Crippen LogP contribution < -0.4 is 0 Å². The van der Waals surface area contributed by atoms with Gasteiger partial charge in [0.05, 0.1) is 5.56 Å². The molecule has 0 atom stereocenters. The number of hydrogen-bond donors (Lipinski definition) is 0. The Hall–Kier alpha value is -2.06. The van der Waals surface area contributed by atoms with Crippen molar-refractivity contribution in [2.75, 3.05) is 0 Å². The number of furan rings is 1. The molecule has 1 heterocycles. The predicted octanol–water partition coefficient (Wildman–Crippen LogP) is 5.07. The Bertz CT molecular complexity index is 802. The van der Waals surface area contributed by atoms with E-state index in [2.05, 4.69) is 0 Å². The first-order valence-corrected chi connectivity index (χ1v) is 7.35. The van der Waals surface area contributed by atoms with Crippen molar-refractivity contribution in [1.82, 2.24) is 0 Å². The van der Waals surface area contributed by atoms with Crippen molar-refractivity contribution in [2.24, 2.45) is 0 Å². The lowest BCUT2D eigenvalue weighted by Gasteiger charge is -2.02. The summed E-state index contributed by atoms with van der Waals surface area (Å²) in [4.78, 5) is 12.7. The van der Waals surface area contributed by atoms with Crippen LogP contribution in [0.4, 0.5) is 0 Å². The molecule has 0 saturated heterocycles. The summed E-state index contributed by atoms with van der Waals surface area (Å²) in [5, 5.41) is 1.54. The summed E-state index contributed by atoms with van der Waals surface area (Å²) in [7, 11) is 0. The Morgan fingerprint density at radius 1 is 1.14 bits per heavy atom. The zero-order chi connectivity index (χ0) is 14.8. The highest BCUT2D eigenvalue weighted by Crippen LogP contribution is 2.27. The van der Waals surface area contributed by atoms with E-state index in [1.807, 2.05) is 49.4 Å². The van der Waals surface area contributed by atoms with Crippen molar-refractivity contribution >= 4 is 28.4 Å². The number of aryl methyl sites for hydroxylation is 1. The summed E-state index contributed by atoms with van der Waals surface area (Å²) in [6.45, 7) is 1.99. The minimum atomic E-state index is 0.0686. The highest BCUT2D eigenvalue weighted by molar-refractivity contribution is 6.30. The van der Waals surface area contributed by atoms with Crippen LogP contribution in [0.1, 0.15) is 28.6 Å². The first kappa shape index (κ1) is 13.9. The number of ketones is 1. The van der Waals surface area contributed by atoms with Gasteiger partial charge < -0.3 is 4.42 Å². The van der Waals surface area contributed by atoms with Gasteiger partial charge in [-0.3, -0.25) is 4.79 Å². The number of halogens is 1. The lowest BCUT2D eigenvalue weighted by Crippen LogP contribution is -2.05. The van der Waals surface area contributed by atoms with Crippen LogP contribution in [-0.4, -0.2) is 5.78 Å². The molecule has 0 spiro atoms. The molecule has 0 bridgehead atoms. The van der Waals surface area contributed by atoms with Crippen molar-refractivity contribution in [1.29, 1.82) is 0 Å². The Morgan fingerprint density at radius 2 is 1.95 bits per heavy atom. The highest BCUT2D eigenvalue weighted by Gasteiger charge is 2.19. The van der Waals surface area contributed by atoms with E-state index in [1.54, 1.807) is 6.07 Å². The SMILES string of the molecule is CCc1oc2ccccc2c1C(=O)Cc1cccc(Cl)c1. The fraction of sp³-hybridized carbons (Fsp3) is 0.167. The largest absolute Gasteiger partial charge is 0.460 e. The quantitative estimate of drug-likeness (QED) is 0.629. The molecule has 2 aromatic carbocycles. The van der Waals surface area contributed by atoms with Crippen LogP contribution in [0.5, 0.6) is 0 Å². The molecule has 106 valence electrons. The van der Waals surface area contributed by atoms with Crippen molar-refractivity contribution < 1.29 is 9.21 Å². The number of fused-ring (bicyclic) bond motifs is 1. The molecule has 3 rings (SSSR count). The fourth-order valence-electron chi connectivity index (χ4n) is 2.57. The normalized spacial score (nSPS) is 11.0. The zero-order valence-corrected chi connectivity index (χ0v) is 12.5. The van der Waals surface area contributed by atoms with Gasteiger partial charge in [0.25, 0.3) is 0 Å². The third-order valence-corrected chi connectivity index (χ3v) is 3.76. The molecule has 3 heteroatoms. The van der Waals surface area contributed by atoms with Gasteiger partial charge in [0.2, 0.25) is 0 Å². The molecule has 0 aliphatic heterocycles. The first-order valence-electron chi connectivity index (χ1n) is 6.97. The maximum absolute atomic E-state index is 12.7. The fourth-order valence-corrected chi connectivity index (χ4v) is 2.78. The maximum atomic E-state index is 12.7. The van der Waals surface area contributed by atoms with E-state index >= 15 is 0 Å².